The number of para-hydroxylation sites is 1. The summed E-state index contributed by atoms with van der Waals surface area (Å²) >= 11 is 0. The maximum absolute atomic E-state index is 12.1. The van der Waals surface area contributed by atoms with Crippen LogP contribution in [0.2, 0.25) is 0 Å². The Morgan fingerprint density at radius 1 is 1.33 bits per heavy atom. The number of carboxylic acid groups (broad SMARTS) is 1. The van der Waals surface area contributed by atoms with E-state index in [1.165, 1.54) is 0 Å². The molecule has 1 aliphatic rings. The van der Waals surface area contributed by atoms with Crippen molar-refractivity contribution in [1.29, 1.82) is 0 Å². The molecule has 1 amide bonds. The van der Waals surface area contributed by atoms with Gasteiger partial charge in [0.05, 0.1) is 11.5 Å². The lowest BCUT2D eigenvalue weighted by atomic mass is 10.1. The number of fused-ring (bicyclic) bond motifs is 1. The Balaban J connectivity index is 1.88. The molecule has 6 heteroatoms. The summed E-state index contributed by atoms with van der Waals surface area (Å²) in [7, 11) is 0. The summed E-state index contributed by atoms with van der Waals surface area (Å²) in [6, 6.07) is 5.19. The summed E-state index contributed by atoms with van der Waals surface area (Å²) < 4.78 is 10.9. The molecule has 0 saturated carbocycles. The van der Waals surface area contributed by atoms with Gasteiger partial charge in [-0.15, -0.1) is 0 Å². The maximum Gasteiger partial charge on any atom is 0.306 e. The van der Waals surface area contributed by atoms with Gasteiger partial charge in [0.1, 0.15) is 13.2 Å². The van der Waals surface area contributed by atoms with Gasteiger partial charge in [0, 0.05) is 6.54 Å². The minimum Gasteiger partial charge on any atom is -0.486 e. The highest BCUT2D eigenvalue weighted by Gasteiger charge is 2.20. The normalized spacial score (nSPS) is 14.3. The molecule has 0 fully saturated rings. The highest BCUT2D eigenvalue weighted by atomic mass is 16.6. The number of amides is 1. The molecule has 0 spiro atoms. The summed E-state index contributed by atoms with van der Waals surface area (Å²) in [6.07, 6.45) is 1.15. The third-order valence-corrected chi connectivity index (χ3v) is 3.33. The van der Waals surface area contributed by atoms with Gasteiger partial charge in [0.25, 0.3) is 5.91 Å². The van der Waals surface area contributed by atoms with Gasteiger partial charge in [-0.05, 0) is 25.0 Å². The van der Waals surface area contributed by atoms with E-state index in [2.05, 4.69) is 5.32 Å². The van der Waals surface area contributed by atoms with Crippen LogP contribution in [0.5, 0.6) is 11.5 Å². The molecule has 1 atom stereocenters. The Hall–Kier alpha value is -2.24. The minimum atomic E-state index is -0.816. The van der Waals surface area contributed by atoms with E-state index < -0.39 is 11.9 Å². The Morgan fingerprint density at radius 2 is 2.10 bits per heavy atom. The molecule has 2 rings (SSSR count). The second-order valence-electron chi connectivity index (χ2n) is 4.97. The number of ether oxygens (including phenoxy) is 2. The molecule has 21 heavy (non-hydrogen) atoms. The van der Waals surface area contributed by atoms with Crippen molar-refractivity contribution < 1.29 is 24.2 Å². The van der Waals surface area contributed by atoms with Gasteiger partial charge >= 0.3 is 5.97 Å². The first kappa shape index (κ1) is 15.2. The van der Waals surface area contributed by atoms with Crippen LogP contribution in [0.15, 0.2) is 18.2 Å². The smallest absolute Gasteiger partial charge is 0.306 e. The van der Waals surface area contributed by atoms with E-state index in [0.29, 0.717) is 49.7 Å². The van der Waals surface area contributed by atoms with Crippen molar-refractivity contribution in [2.24, 2.45) is 5.92 Å². The third kappa shape index (κ3) is 3.87. The van der Waals surface area contributed by atoms with Crippen molar-refractivity contribution in [1.82, 2.24) is 5.32 Å². The van der Waals surface area contributed by atoms with E-state index in [0.717, 1.165) is 0 Å². The van der Waals surface area contributed by atoms with Crippen LogP contribution in [-0.4, -0.2) is 36.7 Å². The fourth-order valence-corrected chi connectivity index (χ4v) is 2.08. The number of carbonyl (C=O) groups is 2. The molecule has 2 N–H and O–H groups in total. The quantitative estimate of drug-likeness (QED) is 0.780. The van der Waals surface area contributed by atoms with Gasteiger partial charge in [-0.2, -0.15) is 0 Å². The standard InChI is InChI=1S/C15H19NO5/c1-10(15(18)19)4-3-7-16-14(17)11-5-2-6-12-13(11)21-9-8-20-12/h2,5-6,10H,3-4,7-9H2,1H3,(H,16,17)(H,18,19). The largest absolute Gasteiger partial charge is 0.486 e. The van der Waals surface area contributed by atoms with E-state index in [1.54, 1.807) is 25.1 Å². The fraction of sp³-hybridized carbons (Fsp3) is 0.467. The Kier molecular flexibility index (Phi) is 5.03. The number of rotatable bonds is 6. The summed E-state index contributed by atoms with van der Waals surface area (Å²) in [5.74, 6) is -0.402. The van der Waals surface area contributed by atoms with Crippen LogP contribution >= 0.6 is 0 Å². The van der Waals surface area contributed by atoms with Gasteiger partial charge < -0.3 is 19.9 Å². The third-order valence-electron chi connectivity index (χ3n) is 3.33. The van der Waals surface area contributed by atoms with Crippen LogP contribution in [0.4, 0.5) is 0 Å². The molecule has 1 aromatic rings. The van der Waals surface area contributed by atoms with Crippen LogP contribution in [0.1, 0.15) is 30.1 Å². The summed E-state index contributed by atoms with van der Waals surface area (Å²) in [6.45, 7) is 2.99. The minimum absolute atomic E-state index is 0.236. The molecular formula is C15H19NO5. The second-order valence-corrected chi connectivity index (χ2v) is 4.97. The molecular weight excluding hydrogens is 274 g/mol. The van der Waals surface area contributed by atoms with E-state index in [1.807, 2.05) is 0 Å². The van der Waals surface area contributed by atoms with Crippen LogP contribution < -0.4 is 14.8 Å². The molecule has 0 aromatic heterocycles. The van der Waals surface area contributed by atoms with Crippen molar-refractivity contribution >= 4 is 11.9 Å². The van der Waals surface area contributed by atoms with Crippen molar-refractivity contribution in [3.8, 4) is 11.5 Å². The van der Waals surface area contributed by atoms with Gasteiger partial charge in [0.15, 0.2) is 11.5 Å². The van der Waals surface area contributed by atoms with Crippen molar-refractivity contribution in [3.05, 3.63) is 23.8 Å². The number of carboxylic acids is 1. The molecule has 1 heterocycles. The zero-order chi connectivity index (χ0) is 15.2. The lowest BCUT2D eigenvalue weighted by Crippen LogP contribution is -2.27. The SMILES string of the molecule is CC(CCCNC(=O)c1cccc2c1OCCO2)C(=O)O. The predicted molar refractivity (Wildman–Crippen MR) is 75.8 cm³/mol. The molecule has 1 unspecified atom stereocenters. The first-order valence-corrected chi connectivity index (χ1v) is 6.99. The monoisotopic (exact) mass is 293 g/mol. The second kappa shape index (κ2) is 6.97. The number of benzene rings is 1. The Morgan fingerprint density at radius 3 is 2.86 bits per heavy atom. The predicted octanol–water partition coefficient (Wildman–Crippen LogP) is 1.69. The first-order chi connectivity index (χ1) is 10.1. The zero-order valence-corrected chi connectivity index (χ0v) is 11.9. The molecule has 0 radical (unpaired) electrons. The number of hydrogen-bond donors (Lipinski definition) is 2. The van der Waals surface area contributed by atoms with E-state index >= 15 is 0 Å². The summed E-state index contributed by atoms with van der Waals surface area (Å²) in [4.78, 5) is 22.8. The van der Waals surface area contributed by atoms with Gasteiger partial charge in [0.2, 0.25) is 0 Å². The van der Waals surface area contributed by atoms with Crippen molar-refractivity contribution in [2.75, 3.05) is 19.8 Å². The van der Waals surface area contributed by atoms with Crippen molar-refractivity contribution in [2.45, 2.75) is 19.8 Å². The maximum atomic E-state index is 12.1. The molecule has 6 nitrogen and oxygen atoms in total. The zero-order valence-electron chi connectivity index (χ0n) is 11.9. The summed E-state index contributed by atoms with van der Waals surface area (Å²) in [5.41, 5.74) is 0.443. The molecule has 0 saturated heterocycles. The highest BCUT2D eigenvalue weighted by Crippen LogP contribution is 2.33. The number of aliphatic carboxylic acids is 1. The van der Waals surface area contributed by atoms with E-state index in [4.69, 9.17) is 14.6 Å². The first-order valence-electron chi connectivity index (χ1n) is 6.99. The van der Waals surface area contributed by atoms with Gasteiger partial charge in [-0.1, -0.05) is 13.0 Å². The van der Waals surface area contributed by atoms with Crippen LogP contribution in [0, 0.1) is 5.92 Å². The topological polar surface area (TPSA) is 84.9 Å². The van der Waals surface area contributed by atoms with Crippen LogP contribution in [0.25, 0.3) is 0 Å². The number of nitrogens with one attached hydrogen (secondary N) is 1. The lowest BCUT2D eigenvalue weighted by molar-refractivity contribution is -0.141. The van der Waals surface area contributed by atoms with Gasteiger partial charge in [-0.25, -0.2) is 0 Å². The van der Waals surface area contributed by atoms with E-state index in [9.17, 15) is 9.59 Å². The molecule has 0 bridgehead atoms. The van der Waals surface area contributed by atoms with Crippen LogP contribution in [0.3, 0.4) is 0 Å². The van der Waals surface area contributed by atoms with Crippen LogP contribution in [-0.2, 0) is 4.79 Å². The van der Waals surface area contributed by atoms with E-state index in [-0.39, 0.29) is 5.91 Å². The van der Waals surface area contributed by atoms with Gasteiger partial charge in [-0.3, -0.25) is 9.59 Å². The average Bonchev–Trinajstić information content (AvgIpc) is 2.50. The van der Waals surface area contributed by atoms with Crippen molar-refractivity contribution in [3.63, 3.8) is 0 Å². The Bertz CT molecular complexity index is 529. The fourth-order valence-electron chi connectivity index (χ4n) is 2.08. The summed E-state index contributed by atoms with van der Waals surface area (Å²) in [5, 5.41) is 11.6. The highest BCUT2D eigenvalue weighted by molar-refractivity contribution is 5.97. The molecule has 114 valence electrons. The molecule has 0 aliphatic carbocycles. The average molecular weight is 293 g/mol. The molecule has 1 aromatic carbocycles. The number of hydrogen-bond acceptors (Lipinski definition) is 4. The number of carbonyl (C=O) groups excluding carboxylic acids is 1. The lowest BCUT2D eigenvalue weighted by Gasteiger charge is -2.20. The molecule has 1 aliphatic heterocycles. The Labute approximate surface area is 123 Å².